The lowest BCUT2D eigenvalue weighted by Gasteiger charge is -1.88. The van der Waals surface area contributed by atoms with Crippen LogP contribution in [0.4, 0.5) is 0 Å². The Bertz CT molecular complexity index is 652. The molecule has 17 heavy (non-hydrogen) atoms. The number of fused-ring (bicyclic) bond motifs is 1. The van der Waals surface area contributed by atoms with Crippen molar-refractivity contribution in [2.24, 2.45) is 5.10 Å². The van der Waals surface area contributed by atoms with Crippen LogP contribution in [0.5, 0.6) is 0 Å². The van der Waals surface area contributed by atoms with Crippen LogP contribution in [0, 0.1) is 0 Å². The van der Waals surface area contributed by atoms with Crippen molar-refractivity contribution in [2.75, 3.05) is 6.26 Å². The molecule has 0 aliphatic carbocycles. The fourth-order valence-electron chi connectivity index (χ4n) is 1.35. The average Bonchev–Trinajstić information content (AvgIpc) is 3.04. The molecule has 86 valence electrons. The number of aromatic nitrogens is 5. The maximum Gasteiger partial charge on any atom is 0.275 e. The molecule has 0 N–H and O–H groups in total. The number of thioether (sulfide) groups is 1. The fourth-order valence-corrected chi connectivity index (χ4v) is 1.77. The lowest BCUT2D eigenvalue weighted by Crippen LogP contribution is -1.90. The molecule has 0 radical (unpaired) electrons. The normalized spacial score (nSPS) is 11.8. The first-order chi connectivity index (χ1) is 8.38. The molecule has 0 fully saturated rings. The molecule has 7 nitrogen and oxygen atoms in total. The van der Waals surface area contributed by atoms with Crippen LogP contribution in [0.25, 0.3) is 5.78 Å². The zero-order chi connectivity index (χ0) is 11.7. The van der Waals surface area contributed by atoms with Crippen molar-refractivity contribution in [3.63, 3.8) is 0 Å². The van der Waals surface area contributed by atoms with Crippen molar-refractivity contribution in [2.45, 2.75) is 5.16 Å². The quantitative estimate of drug-likeness (QED) is 0.513. The monoisotopic (exact) mass is 248 g/mol. The second-order valence-corrected chi connectivity index (χ2v) is 3.91. The average molecular weight is 248 g/mol. The van der Waals surface area contributed by atoms with Crippen LogP contribution in [0.3, 0.4) is 0 Å². The highest BCUT2D eigenvalue weighted by molar-refractivity contribution is 7.98. The van der Waals surface area contributed by atoms with Crippen molar-refractivity contribution >= 4 is 23.8 Å². The molecule has 3 aromatic rings. The molecule has 0 bridgehead atoms. The first-order valence-electron chi connectivity index (χ1n) is 4.79. The van der Waals surface area contributed by atoms with E-state index in [1.807, 2.05) is 12.3 Å². The third-order valence-corrected chi connectivity index (χ3v) is 2.73. The zero-order valence-corrected chi connectivity index (χ0v) is 9.70. The maximum absolute atomic E-state index is 5.14. The number of hydrogen-bond donors (Lipinski definition) is 0. The van der Waals surface area contributed by atoms with E-state index in [-0.39, 0.29) is 0 Å². The lowest BCUT2D eigenvalue weighted by atomic mass is 10.5. The number of rotatable bonds is 3. The van der Waals surface area contributed by atoms with E-state index in [4.69, 9.17) is 4.42 Å². The first-order valence-corrected chi connectivity index (χ1v) is 6.01. The highest BCUT2D eigenvalue weighted by Crippen LogP contribution is 2.12. The third-order valence-electron chi connectivity index (χ3n) is 2.11. The van der Waals surface area contributed by atoms with Crippen LogP contribution >= 0.6 is 11.8 Å². The van der Waals surface area contributed by atoms with Gasteiger partial charge in [-0.05, 0) is 18.4 Å². The molecule has 0 unspecified atom stereocenters. The van der Waals surface area contributed by atoms with Crippen LogP contribution < -0.4 is 0 Å². The smallest absolute Gasteiger partial charge is 0.275 e. The van der Waals surface area contributed by atoms with Gasteiger partial charge in [-0.1, -0.05) is 11.8 Å². The number of furan rings is 1. The Hall–Kier alpha value is -2.09. The molecule has 3 aromatic heterocycles. The Morgan fingerprint density at radius 1 is 1.47 bits per heavy atom. The van der Waals surface area contributed by atoms with E-state index in [1.54, 1.807) is 29.4 Å². The summed E-state index contributed by atoms with van der Waals surface area (Å²) in [4.78, 5) is 0. The minimum atomic E-state index is 0.567. The largest absolute Gasteiger partial charge is 0.463 e. The summed E-state index contributed by atoms with van der Waals surface area (Å²) >= 11 is 1.48. The van der Waals surface area contributed by atoms with Crippen molar-refractivity contribution in [3.05, 3.63) is 30.5 Å². The minimum absolute atomic E-state index is 0.567. The van der Waals surface area contributed by atoms with Crippen molar-refractivity contribution in [1.29, 1.82) is 0 Å². The van der Waals surface area contributed by atoms with Crippen LogP contribution in [0.15, 0.2) is 39.4 Å². The molecule has 8 heteroatoms. The number of nitrogens with zero attached hydrogens (tertiary/aromatic N) is 6. The van der Waals surface area contributed by atoms with Crippen molar-refractivity contribution < 1.29 is 4.42 Å². The highest BCUT2D eigenvalue weighted by atomic mass is 32.2. The Labute approximate surface area is 100 Å². The molecule has 0 saturated heterocycles. The van der Waals surface area contributed by atoms with Gasteiger partial charge < -0.3 is 4.42 Å². The third kappa shape index (κ3) is 1.72. The van der Waals surface area contributed by atoms with Crippen LogP contribution in [0.1, 0.15) is 5.76 Å². The molecule has 0 aliphatic rings. The van der Waals surface area contributed by atoms with Gasteiger partial charge in [0.25, 0.3) is 5.78 Å². The van der Waals surface area contributed by atoms with Gasteiger partial charge in [0.05, 0.1) is 12.5 Å². The zero-order valence-electron chi connectivity index (χ0n) is 8.89. The van der Waals surface area contributed by atoms with Crippen molar-refractivity contribution in [1.82, 2.24) is 24.5 Å². The Balaban J connectivity index is 1.98. The first kappa shape index (κ1) is 10.1. The molecular formula is C9H8N6OS. The summed E-state index contributed by atoms with van der Waals surface area (Å²) in [5.41, 5.74) is 0. The molecule has 0 spiro atoms. The second-order valence-electron chi connectivity index (χ2n) is 3.13. The molecule has 0 amide bonds. The van der Waals surface area contributed by atoms with Gasteiger partial charge in [0.2, 0.25) is 5.16 Å². The molecule has 0 aromatic carbocycles. The van der Waals surface area contributed by atoms with E-state index < -0.39 is 0 Å². The standard InChI is InChI=1S/C9H8N6OS/c1-17-9-13-12-8-14(6-11-15(8)9)10-5-7-3-2-4-16-7/h2-6H,1H3/b10-5-. The van der Waals surface area contributed by atoms with Gasteiger partial charge in [-0.2, -0.15) is 19.4 Å². The van der Waals surface area contributed by atoms with E-state index in [2.05, 4.69) is 20.4 Å². The second kappa shape index (κ2) is 4.06. The van der Waals surface area contributed by atoms with Gasteiger partial charge in [-0.25, -0.2) is 0 Å². The van der Waals surface area contributed by atoms with E-state index in [9.17, 15) is 0 Å². The van der Waals surface area contributed by atoms with Crippen LogP contribution in [0.2, 0.25) is 0 Å². The summed E-state index contributed by atoms with van der Waals surface area (Å²) in [6.45, 7) is 0. The molecular weight excluding hydrogens is 240 g/mol. The van der Waals surface area contributed by atoms with E-state index in [1.165, 1.54) is 16.4 Å². The Morgan fingerprint density at radius 3 is 3.18 bits per heavy atom. The predicted octanol–water partition coefficient (Wildman–Crippen LogP) is 1.12. The van der Waals surface area contributed by atoms with Gasteiger partial charge >= 0.3 is 0 Å². The highest BCUT2D eigenvalue weighted by Gasteiger charge is 2.09. The topological polar surface area (TPSA) is 73.5 Å². The summed E-state index contributed by atoms with van der Waals surface area (Å²) in [5.74, 6) is 1.23. The molecule has 3 rings (SSSR count). The summed E-state index contributed by atoms with van der Waals surface area (Å²) in [6.07, 6.45) is 6.67. The van der Waals surface area contributed by atoms with E-state index in [0.717, 1.165) is 5.16 Å². The van der Waals surface area contributed by atoms with Gasteiger partial charge in [0.1, 0.15) is 12.1 Å². The molecule has 0 saturated carbocycles. The Kier molecular flexibility index (Phi) is 2.41. The molecule has 0 aliphatic heterocycles. The number of hydrogen-bond acceptors (Lipinski definition) is 6. The van der Waals surface area contributed by atoms with Gasteiger partial charge in [0, 0.05) is 0 Å². The van der Waals surface area contributed by atoms with E-state index in [0.29, 0.717) is 11.5 Å². The van der Waals surface area contributed by atoms with Gasteiger partial charge in [-0.3, -0.25) is 0 Å². The molecule has 0 atom stereocenters. The van der Waals surface area contributed by atoms with Crippen LogP contribution in [-0.4, -0.2) is 37.0 Å². The van der Waals surface area contributed by atoms with Crippen molar-refractivity contribution in [3.8, 4) is 0 Å². The predicted molar refractivity (Wildman–Crippen MR) is 62.3 cm³/mol. The SMILES string of the molecule is CSc1nnc2n(/N=C\c3ccco3)cnn12. The van der Waals surface area contributed by atoms with Gasteiger partial charge in [0.15, 0.2) is 0 Å². The summed E-state index contributed by atoms with van der Waals surface area (Å²) in [5, 5.41) is 17.0. The molecule has 3 heterocycles. The van der Waals surface area contributed by atoms with Crippen LogP contribution in [-0.2, 0) is 0 Å². The summed E-state index contributed by atoms with van der Waals surface area (Å²) in [6, 6.07) is 3.61. The lowest BCUT2D eigenvalue weighted by molar-refractivity contribution is 0.559. The Morgan fingerprint density at radius 2 is 2.41 bits per heavy atom. The van der Waals surface area contributed by atoms with E-state index >= 15 is 0 Å². The minimum Gasteiger partial charge on any atom is -0.463 e. The maximum atomic E-state index is 5.14. The fraction of sp³-hybridized carbons (Fsp3) is 0.111. The van der Waals surface area contributed by atoms with Gasteiger partial charge in [-0.15, -0.1) is 10.2 Å². The summed E-state index contributed by atoms with van der Waals surface area (Å²) < 4.78 is 8.31. The summed E-state index contributed by atoms with van der Waals surface area (Å²) in [7, 11) is 0.